The molecular formula is C15H32N2O. The number of carbonyl (C=O) groups is 1. The number of hydrogen-bond acceptors (Lipinski definition) is 2. The lowest BCUT2D eigenvalue weighted by Gasteiger charge is -2.09. The van der Waals surface area contributed by atoms with E-state index in [1.54, 1.807) is 0 Å². The van der Waals surface area contributed by atoms with E-state index < -0.39 is 0 Å². The van der Waals surface area contributed by atoms with Crippen LogP contribution in [0.1, 0.15) is 64.7 Å². The van der Waals surface area contributed by atoms with Crippen LogP contribution in [0, 0.1) is 0 Å². The molecule has 1 amide bonds. The fourth-order valence-electron chi connectivity index (χ4n) is 2.01. The van der Waals surface area contributed by atoms with E-state index >= 15 is 0 Å². The van der Waals surface area contributed by atoms with Crippen molar-refractivity contribution in [3.63, 3.8) is 0 Å². The van der Waals surface area contributed by atoms with Gasteiger partial charge in [-0.3, -0.25) is 4.79 Å². The molecule has 0 atom stereocenters. The minimum absolute atomic E-state index is 0.138. The standard InChI is InChI=1S/C15H32N2O/c1-4-5-6-7-8-9-10-11-12-13-16-15(18)14-17(2)3/h4-14H2,1-3H3,(H,16,18). The van der Waals surface area contributed by atoms with Crippen LogP contribution in [0.2, 0.25) is 0 Å². The Kier molecular flexibility index (Phi) is 12.5. The highest BCUT2D eigenvalue weighted by molar-refractivity contribution is 5.77. The summed E-state index contributed by atoms with van der Waals surface area (Å²) >= 11 is 0. The minimum Gasteiger partial charge on any atom is -0.355 e. The van der Waals surface area contributed by atoms with E-state index in [1.165, 1.54) is 51.4 Å². The molecule has 1 N–H and O–H groups in total. The van der Waals surface area contributed by atoms with Gasteiger partial charge in [0, 0.05) is 6.54 Å². The van der Waals surface area contributed by atoms with Crippen molar-refractivity contribution in [2.24, 2.45) is 0 Å². The highest BCUT2D eigenvalue weighted by Crippen LogP contribution is 2.09. The number of amides is 1. The Labute approximate surface area is 113 Å². The third-order valence-corrected chi connectivity index (χ3v) is 3.06. The van der Waals surface area contributed by atoms with E-state index in [0.717, 1.165) is 13.0 Å². The summed E-state index contributed by atoms with van der Waals surface area (Å²) in [6, 6.07) is 0. The SMILES string of the molecule is CCCCCCCCCCCNC(=O)CN(C)C. The second-order valence-electron chi connectivity index (χ2n) is 5.42. The molecule has 0 aromatic carbocycles. The average molecular weight is 256 g/mol. The molecule has 0 aliphatic heterocycles. The van der Waals surface area contributed by atoms with Crippen molar-refractivity contribution in [1.82, 2.24) is 10.2 Å². The summed E-state index contributed by atoms with van der Waals surface area (Å²) in [5, 5.41) is 2.95. The molecule has 3 nitrogen and oxygen atoms in total. The van der Waals surface area contributed by atoms with E-state index in [1.807, 2.05) is 19.0 Å². The van der Waals surface area contributed by atoms with E-state index in [-0.39, 0.29) is 5.91 Å². The molecule has 0 unspecified atom stereocenters. The maximum Gasteiger partial charge on any atom is 0.234 e. The van der Waals surface area contributed by atoms with Gasteiger partial charge in [0.2, 0.25) is 5.91 Å². The van der Waals surface area contributed by atoms with Gasteiger partial charge in [0.1, 0.15) is 0 Å². The summed E-state index contributed by atoms with van der Waals surface area (Å²) in [4.78, 5) is 13.2. The monoisotopic (exact) mass is 256 g/mol. The number of nitrogens with one attached hydrogen (secondary N) is 1. The van der Waals surface area contributed by atoms with Gasteiger partial charge < -0.3 is 10.2 Å². The van der Waals surface area contributed by atoms with Gasteiger partial charge in [-0.1, -0.05) is 58.3 Å². The summed E-state index contributed by atoms with van der Waals surface area (Å²) in [7, 11) is 3.83. The fraction of sp³-hybridized carbons (Fsp3) is 0.933. The Bertz CT molecular complexity index is 193. The van der Waals surface area contributed by atoms with Crippen LogP contribution < -0.4 is 5.32 Å². The highest BCUT2D eigenvalue weighted by Gasteiger charge is 2.00. The van der Waals surface area contributed by atoms with Crippen LogP contribution in [-0.2, 0) is 4.79 Å². The second-order valence-corrected chi connectivity index (χ2v) is 5.42. The zero-order chi connectivity index (χ0) is 13.6. The molecule has 0 rings (SSSR count). The number of likely N-dealkylation sites (N-methyl/N-ethyl adjacent to an activating group) is 1. The number of unbranched alkanes of at least 4 members (excludes halogenated alkanes) is 8. The van der Waals surface area contributed by atoms with E-state index in [2.05, 4.69) is 12.2 Å². The van der Waals surface area contributed by atoms with Crippen LogP contribution in [0.25, 0.3) is 0 Å². The van der Waals surface area contributed by atoms with Crippen molar-refractivity contribution < 1.29 is 4.79 Å². The van der Waals surface area contributed by atoms with Gasteiger partial charge in [0.25, 0.3) is 0 Å². The lowest BCUT2D eigenvalue weighted by Crippen LogP contribution is -2.33. The number of rotatable bonds is 12. The quantitative estimate of drug-likeness (QED) is 0.544. The van der Waals surface area contributed by atoms with Crippen molar-refractivity contribution >= 4 is 5.91 Å². The van der Waals surface area contributed by atoms with Crippen molar-refractivity contribution in [1.29, 1.82) is 0 Å². The smallest absolute Gasteiger partial charge is 0.234 e. The van der Waals surface area contributed by atoms with Crippen LogP contribution in [-0.4, -0.2) is 38.0 Å². The van der Waals surface area contributed by atoms with Gasteiger partial charge in [0.05, 0.1) is 6.54 Å². The summed E-state index contributed by atoms with van der Waals surface area (Å²) < 4.78 is 0. The summed E-state index contributed by atoms with van der Waals surface area (Å²) in [5.41, 5.74) is 0. The first kappa shape index (κ1) is 17.4. The maximum atomic E-state index is 11.3. The molecule has 0 saturated carbocycles. The van der Waals surface area contributed by atoms with Crippen molar-refractivity contribution in [2.75, 3.05) is 27.2 Å². The van der Waals surface area contributed by atoms with E-state index in [4.69, 9.17) is 0 Å². The topological polar surface area (TPSA) is 32.3 Å². The van der Waals surface area contributed by atoms with Gasteiger partial charge >= 0.3 is 0 Å². The molecule has 0 bridgehead atoms. The second kappa shape index (κ2) is 12.9. The third kappa shape index (κ3) is 13.5. The first-order valence-electron chi connectivity index (χ1n) is 7.58. The van der Waals surface area contributed by atoms with Crippen LogP contribution in [0.5, 0.6) is 0 Å². The third-order valence-electron chi connectivity index (χ3n) is 3.06. The number of carbonyl (C=O) groups excluding carboxylic acids is 1. The maximum absolute atomic E-state index is 11.3. The minimum atomic E-state index is 0.138. The first-order valence-corrected chi connectivity index (χ1v) is 7.58. The molecule has 3 heteroatoms. The van der Waals surface area contributed by atoms with Crippen molar-refractivity contribution in [3.05, 3.63) is 0 Å². The molecule has 0 heterocycles. The Morgan fingerprint density at radius 2 is 1.39 bits per heavy atom. The Hall–Kier alpha value is -0.570. The lowest BCUT2D eigenvalue weighted by atomic mass is 10.1. The molecule has 0 saturated heterocycles. The van der Waals surface area contributed by atoms with E-state index in [0.29, 0.717) is 6.54 Å². The summed E-state index contributed by atoms with van der Waals surface area (Å²) in [6.07, 6.45) is 11.9. The van der Waals surface area contributed by atoms with Crippen LogP contribution in [0.4, 0.5) is 0 Å². The molecule has 0 radical (unpaired) electrons. The molecule has 108 valence electrons. The largest absolute Gasteiger partial charge is 0.355 e. The molecule has 0 aromatic rings. The van der Waals surface area contributed by atoms with Gasteiger partial charge in [-0.25, -0.2) is 0 Å². The van der Waals surface area contributed by atoms with Crippen molar-refractivity contribution in [2.45, 2.75) is 64.7 Å². The zero-order valence-electron chi connectivity index (χ0n) is 12.6. The van der Waals surface area contributed by atoms with Gasteiger partial charge in [0.15, 0.2) is 0 Å². The van der Waals surface area contributed by atoms with Gasteiger partial charge in [-0.05, 0) is 20.5 Å². The zero-order valence-corrected chi connectivity index (χ0v) is 12.6. The average Bonchev–Trinajstić information content (AvgIpc) is 2.30. The molecular weight excluding hydrogens is 224 g/mol. The normalized spacial score (nSPS) is 10.9. The van der Waals surface area contributed by atoms with E-state index in [9.17, 15) is 4.79 Å². The van der Waals surface area contributed by atoms with Gasteiger partial charge in [-0.2, -0.15) is 0 Å². The summed E-state index contributed by atoms with van der Waals surface area (Å²) in [6.45, 7) is 3.59. The lowest BCUT2D eigenvalue weighted by molar-refractivity contribution is -0.121. The number of nitrogens with zero attached hydrogens (tertiary/aromatic N) is 1. The van der Waals surface area contributed by atoms with Crippen LogP contribution in [0.3, 0.4) is 0 Å². The molecule has 0 aliphatic carbocycles. The van der Waals surface area contributed by atoms with Crippen LogP contribution >= 0.6 is 0 Å². The fourth-order valence-corrected chi connectivity index (χ4v) is 2.01. The Morgan fingerprint density at radius 3 is 1.89 bits per heavy atom. The Morgan fingerprint density at radius 1 is 0.889 bits per heavy atom. The molecule has 0 spiro atoms. The molecule has 0 fully saturated rings. The molecule has 0 aromatic heterocycles. The van der Waals surface area contributed by atoms with Crippen LogP contribution in [0.15, 0.2) is 0 Å². The Balaban J connectivity index is 3.09. The highest BCUT2D eigenvalue weighted by atomic mass is 16.1. The van der Waals surface area contributed by atoms with Gasteiger partial charge in [-0.15, -0.1) is 0 Å². The predicted molar refractivity (Wildman–Crippen MR) is 78.8 cm³/mol. The predicted octanol–water partition coefficient (Wildman–Crippen LogP) is 3.20. The van der Waals surface area contributed by atoms with Crippen molar-refractivity contribution in [3.8, 4) is 0 Å². The summed E-state index contributed by atoms with van der Waals surface area (Å²) in [5.74, 6) is 0.138. The number of hydrogen-bond donors (Lipinski definition) is 1. The molecule has 18 heavy (non-hydrogen) atoms. The first-order chi connectivity index (χ1) is 8.66. The molecule has 0 aliphatic rings.